The Kier molecular flexibility index (Phi) is 3.56. The summed E-state index contributed by atoms with van der Waals surface area (Å²) in [5, 5.41) is 20.0. The van der Waals surface area contributed by atoms with Crippen LogP contribution in [0.25, 0.3) is 0 Å². The molecular weight excluding hydrogens is 235 g/mol. The predicted molar refractivity (Wildman–Crippen MR) is 80.2 cm³/mol. The molecule has 2 rings (SSSR count). The van der Waals surface area contributed by atoms with Crippen LogP contribution in [0.2, 0.25) is 0 Å². The molecule has 2 aromatic rings. The zero-order valence-corrected chi connectivity index (χ0v) is 11.8. The maximum Gasteiger partial charge on any atom is 0.201 e. The average Bonchev–Trinajstić information content (AvgIpc) is 2.32. The maximum atomic E-state index is 9.98. The lowest BCUT2D eigenvalue weighted by Crippen LogP contribution is -2.28. The predicted octanol–water partition coefficient (Wildman–Crippen LogP) is 1.99. The molecule has 0 aliphatic rings. The summed E-state index contributed by atoms with van der Waals surface area (Å²) in [6, 6.07) is 7.36. The van der Waals surface area contributed by atoms with Gasteiger partial charge in [-0.1, -0.05) is 12.1 Å². The maximum absolute atomic E-state index is 9.98. The summed E-state index contributed by atoms with van der Waals surface area (Å²) in [6.45, 7) is 7.94. The number of benzene rings is 2. The molecule has 0 saturated heterocycles. The third-order valence-corrected chi connectivity index (χ3v) is 3.60. The SMILES string of the molecule is Cc1cc(O)c([B]c2cc(C)c(C)cc2O)cc1C. The lowest BCUT2D eigenvalue weighted by atomic mass is 9.62. The zero-order chi connectivity index (χ0) is 14.2. The van der Waals surface area contributed by atoms with Crippen LogP contribution in [0, 0.1) is 27.7 Å². The van der Waals surface area contributed by atoms with Crippen molar-refractivity contribution in [3.05, 3.63) is 46.5 Å². The van der Waals surface area contributed by atoms with Crippen molar-refractivity contribution in [2.45, 2.75) is 27.7 Å². The number of hydrogen-bond donors (Lipinski definition) is 2. The van der Waals surface area contributed by atoms with Crippen LogP contribution in [0.4, 0.5) is 0 Å². The van der Waals surface area contributed by atoms with Crippen LogP contribution < -0.4 is 10.9 Å². The quantitative estimate of drug-likeness (QED) is 0.803. The molecule has 3 heteroatoms. The Labute approximate surface area is 115 Å². The van der Waals surface area contributed by atoms with Gasteiger partial charge < -0.3 is 10.2 Å². The molecule has 0 amide bonds. The fraction of sp³-hybridized carbons (Fsp3) is 0.250. The van der Waals surface area contributed by atoms with Crippen molar-refractivity contribution in [1.29, 1.82) is 0 Å². The molecule has 0 atom stereocenters. The van der Waals surface area contributed by atoms with E-state index in [1.165, 1.54) is 0 Å². The van der Waals surface area contributed by atoms with Gasteiger partial charge in [-0.3, -0.25) is 0 Å². The molecule has 0 aliphatic heterocycles. The van der Waals surface area contributed by atoms with E-state index in [4.69, 9.17) is 0 Å². The van der Waals surface area contributed by atoms with Crippen LogP contribution in [0.15, 0.2) is 24.3 Å². The summed E-state index contributed by atoms with van der Waals surface area (Å²) in [5.41, 5.74) is 5.79. The first-order chi connectivity index (χ1) is 8.88. The Balaban J connectivity index is 2.42. The van der Waals surface area contributed by atoms with Crippen LogP contribution in [0.3, 0.4) is 0 Å². The fourth-order valence-corrected chi connectivity index (χ4v) is 2.05. The summed E-state index contributed by atoms with van der Waals surface area (Å²) in [7, 11) is 1.81. The number of hydrogen-bond acceptors (Lipinski definition) is 2. The van der Waals surface area contributed by atoms with Gasteiger partial charge in [-0.15, -0.1) is 0 Å². The summed E-state index contributed by atoms with van der Waals surface area (Å²) < 4.78 is 0. The third kappa shape index (κ3) is 2.75. The standard InChI is InChI=1S/C16H18BO2/c1-9-5-13(15(18)7-11(9)3)17-14-6-10(2)12(4)8-16(14)19/h5-8,18-19H,1-4H3. The lowest BCUT2D eigenvalue weighted by Gasteiger charge is -2.11. The molecular formula is C16H18BO2. The summed E-state index contributed by atoms with van der Waals surface area (Å²) in [4.78, 5) is 0. The van der Waals surface area contributed by atoms with Gasteiger partial charge in [-0.05, 0) is 73.0 Å². The topological polar surface area (TPSA) is 40.5 Å². The van der Waals surface area contributed by atoms with Crippen molar-refractivity contribution in [1.82, 2.24) is 0 Å². The number of aromatic hydroxyl groups is 2. The van der Waals surface area contributed by atoms with Gasteiger partial charge in [0.1, 0.15) is 11.5 Å². The molecule has 2 N–H and O–H groups in total. The summed E-state index contributed by atoms with van der Waals surface area (Å²) in [5.74, 6) is 0.474. The van der Waals surface area contributed by atoms with Crippen molar-refractivity contribution >= 4 is 18.2 Å². The first kappa shape index (κ1) is 13.5. The number of aryl methyl sites for hydroxylation is 4. The van der Waals surface area contributed by atoms with Gasteiger partial charge >= 0.3 is 0 Å². The Morgan fingerprint density at radius 3 is 1.32 bits per heavy atom. The van der Waals surface area contributed by atoms with Crippen LogP contribution in [-0.2, 0) is 0 Å². The van der Waals surface area contributed by atoms with E-state index in [2.05, 4.69) is 0 Å². The first-order valence-corrected chi connectivity index (χ1v) is 6.33. The largest absolute Gasteiger partial charge is 0.509 e. The molecule has 0 heterocycles. The van der Waals surface area contributed by atoms with Crippen LogP contribution in [0.5, 0.6) is 11.5 Å². The van der Waals surface area contributed by atoms with Crippen LogP contribution >= 0.6 is 0 Å². The van der Waals surface area contributed by atoms with E-state index in [1.54, 1.807) is 12.1 Å². The molecule has 1 radical (unpaired) electrons. The Morgan fingerprint density at radius 2 is 0.947 bits per heavy atom. The van der Waals surface area contributed by atoms with Crippen molar-refractivity contribution in [2.24, 2.45) is 0 Å². The lowest BCUT2D eigenvalue weighted by molar-refractivity contribution is 0.478. The van der Waals surface area contributed by atoms with Gasteiger partial charge in [0.25, 0.3) is 0 Å². The average molecular weight is 253 g/mol. The van der Waals surface area contributed by atoms with E-state index in [0.29, 0.717) is 0 Å². The number of rotatable bonds is 2. The fourth-order valence-electron chi connectivity index (χ4n) is 2.05. The Bertz CT molecular complexity index is 578. The van der Waals surface area contributed by atoms with Crippen LogP contribution in [-0.4, -0.2) is 17.5 Å². The van der Waals surface area contributed by atoms with Gasteiger partial charge in [-0.25, -0.2) is 0 Å². The van der Waals surface area contributed by atoms with Gasteiger partial charge in [0.05, 0.1) is 0 Å². The van der Waals surface area contributed by atoms with E-state index < -0.39 is 0 Å². The molecule has 0 aliphatic carbocycles. The van der Waals surface area contributed by atoms with Gasteiger partial charge in [0.2, 0.25) is 7.28 Å². The second kappa shape index (κ2) is 5.00. The van der Waals surface area contributed by atoms with Gasteiger partial charge in [0.15, 0.2) is 0 Å². The van der Waals surface area contributed by atoms with E-state index in [1.807, 2.05) is 47.1 Å². The molecule has 0 unspecified atom stereocenters. The van der Waals surface area contributed by atoms with Crippen LogP contribution in [0.1, 0.15) is 22.3 Å². The molecule has 2 aromatic carbocycles. The number of phenolic OH excluding ortho intramolecular Hbond substituents is 2. The second-order valence-electron chi connectivity index (χ2n) is 5.13. The molecule has 0 bridgehead atoms. The van der Waals surface area contributed by atoms with E-state index >= 15 is 0 Å². The van der Waals surface area contributed by atoms with Gasteiger partial charge in [-0.2, -0.15) is 0 Å². The number of phenols is 2. The molecule has 19 heavy (non-hydrogen) atoms. The molecule has 2 nitrogen and oxygen atoms in total. The smallest absolute Gasteiger partial charge is 0.201 e. The highest BCUT2D eigenvalue weighted by Crippen LogP contribution is 2.15. The summed E-state index contributed by atoms with van der Waals surface area (Å²) in [6.07, 6.45) is 0. The molecule has 0 saturated carbocycles. The van der Waals surface area contributed by atoms with E-state index in [-0.39, 0.29) is 11.5 Å². The molecule has 0 fully saturated rings. The van der Waals surface area contributed by atoms with Crippen molar-refractivity contribution in [3.8, 4) is 11.5 Å². The monoisotopic (exact) mass is 253 g/mol. The highest BCUT2D eigenvalue weighted by Gasteiger charge is 2.11. The second-order valence-corrected chi connectivity index (χ2v) is 5.13. The highest BCUT2D eigenvalue weighted by molar-refractivity contribution is 6.69. The van der Waals surface area contributed by atoms with E-state index in [0.717, 1.165) is 33.2 Å². The minimum Gasteiger partial charge on any atom is -0.509 e. The zero-order valence-electron chi connectivity index (χ0n) is 11.8. The molecule has 97 valence electrons. The normalized spacial score (nSPS) is 10.5. The highest BCUT2D eigenvalue weighted by atomic mass is 16.3. The Morgan fingerprint density at radius 1 is 0.632 bits per heavy atom. The van der Waals surface area contributed by atoms with Gasteiger partial charge in [0, 0.05) is 0 Å². The molecule has 0 spiro atoms. The minimum absolute atomic E-state index is 0.237. The van der Waals surface area contributed by atoms with Crippen molar-refractivity contribution < 1.29 is 10.2 Å². The first-order valence-electron chi connectivity index (χ1n) is 6.33. The molecule has 0 aromatic heterocycles. The summed E-state index contributed by atoms with van der Waals surface area (Å²) >= 11 is 0. The minimum atomic E-state index is 0.237. The van der Waals surface area contributed by atoms with Crippen molar-refractivity contribution in [2.75, 3.05) is 0 Å². The van der Waals surface area contributed by atoms with Crippen molar-refractivity contribution in [3.63, 3.8) is 0 Å². The third-order valence-electron chi connectivity index (χ3n) is 3.60. The Hall–Kier alpha value is -1.90. The van der Waals surface area contributed by atoms with E-state index in [9.17, 15) is 10.2 Å².